The third kappa shape index (κ3) is 5.73. The molecule has 0 unspecified atom stereocenters. The van der Waals surface area contributed by atoms with Gasteiger partial charge in [0.2, 0.25) is 0 Å². The molecule has 0 saturated heterocycles. The number of nitrogens with one attached hydrogen (secondary N) is 3. The molecule has 8 heteroatoms. The maximum Gasteiger partial charge on any atom is 0.257 e. The van der Waals surface area contributed by atoms with Gasteiger partial charge in [0.25, 0.3) is 5.91 Å². The van der Waals surface area contributed by atoms with Gasteiger partial charge >= 0.3 is 0 Å². The van der Waals surface area contributed by atoms with E-state index >= 15 is 0 Å². The smallest absolute Gasteiger partial charge is 0.257 e. The third-order valence-electron chi connectivity index (χ3n) is 5.27. The third-order valence-corrected chi connectivity index (χ3v) is 5.88. The predicted octanol–water partition coefficient (Wildman–Crippen LogP) is 6.50. The molecule has 0 radical (unpaired) electrons. The van der Waals surface area contributed by atoms with Crippen LogP contribution in [0.15, 0.2) is 60.7 Å². The van der Waals surface area contributed by atoms with Crippen LogP contribution in [-0.2, 0) is 0 Å². The number of rotatable bonds is 7. The van der Waals surface area contributed by atoms with Crippen molar-refractivity contribution in [3.8, 4) is 17.1 Å². The van der Waals surface area contributed by atoms with Crippen LogP contribution in [0.4, 0.5) is 5.69 Å². The molecule has 1 aromatic heterocycles. The highest BCUT2D eigenvalue weighted by Crippen LogP contribution is 2.26. The first-order chi connectivity index (χ1) is 16.4. The van der Waals surface area contributed by atoms with Crippen LogP contribution in [0.2, 0.25) is 5.02 Å². The second-order valence-corrected chi connectivity index (χ2v) is 8.73. The molecule has 4 aromatic rings. The lowest BCUT2D eigenvalue weighted by Gasteiger charge is -2.11. The van der Waals surface area contributed by atoms with Crippen molar-refractivity contribution in [2.45, 2.75) is 26.7 Å². The van der Waals surface area contributed by atoms with Crippen LogP contribution in [0.5, 0.6) is 5.75 Å². The van der Waals surface area contributed by atoms with E-state index in [0.717, 1.165) is 46.5 Å². The summed E-state index contributed by atoms with van der Waals surface area (Å²) in [6.07, 6.45) is 2.02. The Balaban J connectivity index is 1.37. The highest BCUT2D eigenvalue weighted by atomic mass is 35.5. The van der Waals surface area contributed by atoms with E-state index in [-0.39, 0.29) is 11.0 Å². The Morgan fingerprint density at radius 2 is 1.94 bits per heavy atom. The number of benzene rings is 3. The van der Waals surface area contributed by atoms with E-state index < -0.39 is 0 Å². The van der Waals surface area contributed by atoms with Crippen LogP contribution in [0, 0.1) is 6.92 Å². The maximum atomic E-state index is 12.6. The molecule has 0 aliphatic rings. The Bertz CT molecular complexity index is 1300. The lowest BCUT2D eigenvalue weighted by molar-refractivity contribution is 0.0977. The summed E-state index contributed by atoms with van der Waals surface area (Å²) in [5.74, 6) is 1.12. The van der Waals surface area contributed by atoms with E-state index in [4.69, 9.17) is 28.6 Å². The summed E-state index contributed by atoms with van der Waals surface area (Å²) in [5, 5.41) is 6.65. The topological polar surface area (TPSA) is 79.0 Å². The summed E-state index contributed by atoms with van der Waals surface area (Å²) in [4.78, 5) is 20.5. The number of fused-ring (bicyclic) bond motifs is 1. The molecule has 3 N–H and O–H groups in total. The first-order valence-electron chi connectivity index (χ1n) is 11.0. The maximum absolute atomic E-state index is 12.6. The van der Waals surface area contributed by atoms with Gasteiger partial charge in [0.1, 0.15) is 11.6 Å². The fourth-order valence-corrected chi connectivity index (χ4v) is 3.76. The second kappa shape index (κ2) is 10.7. The molecule has 1 amide bonds. The van der Waals surface area contributed by atoms with Gasteiger partial charge in [-0.1, -0.05) is 31.0 Å². The summed E-state index contributed by atoms with van der Waals surface area (Å²) in [7, 11) is 0. The fourth-order valence-electron chi connectivity index (χ4n) is 3.39. The van der Waals surface area contributed by atoms with E-state index in [1.807, 2.05) is 49.4 Å². The van der Waals surface area contributed by atoms with Crippen molar-refractivity contribution in [3.63, 3.8) is 0 Å². The van der Waals surface area contributed by atoms with Crippen molar-refractivity contribution in [2.24, 2.45) is 0 Å². The van der Waals surface area contributed by atoms with Crippen LogP contribution >= 0.6 is 23.8 Å². The number of ether oxygens (including phenoxy) is 1. The van der Waals surface area contributed by atoms with Crippen molar-refractivity contribution >= 4 is 51.6 Å². The molecule has 0 bridgehead atoms. The number of aryl methyl sites for hydroxylation is 1. The Labute approximate surface area is 208 Å². The van der Waals surface area contributed by atoms with Gasteiger partial charge in [0.05, 0.1) is 17.6 Å². The summed E-state index contributed by atoms with van der Waals surface area (Å²) >= 11 is 11.5. The van der Waals surface area contributed by atoms with Gasteiger partial charge in [-0.15, -0.1) is 0 Å². The van der Waals surface area contributed by atoms with E-state index in [2.05, 4.69) is 27.5 Å². The minimum absolute atomic E-state index is 0.212. The van der Waals surface area contributed by atoms with Gasteiger partial charge in [-0.05, 0) is 85.7 Å². The van der Waals surface area contributed by atoms with Crippen molar-refractivity contribution < 1.29 is 9.53 Å². The van der Waals surface area contributed by atoms with Crippen LogP contribution < -0.4 is 15.4 Å². The zero-order valence-electron chi connectivity index (χ0n) is 18.9. The van der Waals surface area contributed by atoms with Crippen LogP contribution in [-0.4, -0.2) is 27.6 Å². The molecule has 34 heavy (non-hydrogen) atoms. The molecule has 1 heterocycles. The number of H-pyrrole nitrogens is 1. The molecule has 6 nitrogen and oxygen atoms in total. The monoisotopic (exact) mass is 492 g/mol. The number of carbonyl (C=O) groups excluding carboxylic acids is 1. The fraction of sp³-hybridized carbons (Fsp3) is 0.192. The average molecular weight is 493 g/mol. The Kier molecular flexibility index (Phi) is 7.45. The Hall–Kier alpha value is -3.42. The Morgan fingerprint density at radius 3 is 2.71 bits per heavy atom. The summed E-state index contributed by atoms with van der Waals surface area (Å²) in [6, 6.07) is 18.5. The highest BCUT2D eigenvalue weighted by molar-refractivity contribution is 7.80. The lowest BCUT2D eigenvalue weighted by atomic mass is 10.2. The Morgan fingerprint density at radius 1 is 1.15 bits per heavy atom. The number of hydrogen-bond acceptors (Lipinski definition) is 4. The number of amides is 1. The zero-order chi connectivity index (χ0) is 24.1. The zero-order valence-corrected chi connectivity index (χ0v) is 20.5. The molecule has 0 saturated carbocycles. The normalized spacial score (nSPS) is 10.8. The van der Waals surface area contributed by atoms with Gasteiger partial charge in [0.15, 0.2) is 5.11 Å². The number of halogens is 1. The van der Waals surface area contributed by atoms with Crippen LogP contribution in [0.25, 0.3) is 22.4 Å². The van der Waals surface area contributed by atoms with E-state index in [1.54, 1.807) is 18.2 Å². The van der Waals surface area contributed by atoms with E-state index in [9.17, 15) is 4.79 Å². The first-order valence-corrected chi connectivity index (χ1v) is 11.8. The van der Waals surface area contributed by atoms with E-state index in [1.165, 1.54) is 0 Å². The minimum atomic E-state index is -0.300. The summed E-state index contributed by atoms with van der Waals surface area (Å²) < 4.78 is 5.67. The molecule has 0 fully saturated rings. The number of carbonyl (C=O) groups is 1. The van der Waals surface area contributed by atoms with Gasteiger partial charge in [-0.2, -0.15) is 0 Å². The lowest BCUT2D eigenvalue weighted by Crippen LogP contribution is -2.34. The van der Waals surface area contributed by atoms with E-state index in [0.29, 0.717) is 22.9 Å². The van der Waals surface area contributed by atoms with Gasteiger partial charge < -0.3 is 15.0 Å². The summed E-state index contributed by atoms with van der Waals surface area (Å²) in [6.45, 7) is 4.69. The number of aromatic amines is 1. The summed E-state index contributed by atoms with van der Waals surface area (Å²) in [5.41, 5.74) is 4.90. The number of aromatic nitrogens is 2. The molecule has 3 aromatic carbocycles. The average Bonchev–Trinajstić information content (AvgIpc) is 3.22. The minimum Gasteiger partial charge on any atom is -0.494 e. The number of unbranched alkanes of at least 4 members (excludes halogenated alkanes) is 1. The molecular formula is C26H25ClN4O2S. The quantitative estimate of drug-likeness (QED) is 0.203. The number of hydrogen-bond donors (Lipinski definition) is 3. The standard InChI is InChI=1S/C26H25ClN4O2S/c1-3-4-12-33-20-7-5-6-18(14-20)25(32)31-26(34)28-19-10-8-17(9-11-19)24-29-22-13-16(2)21(27)15-23(22)30-24/h5-11,13-15H,3-4,12H2,1-2H3,(H,29,30)(H2,28,31,32,34). The highest BCUT2D eigenvalue weighted by Gasteiger charge is 2.11. The van der Waals surface area contributed by atoms with Crippen molar-refractivity contribution in [3.05, 3.63) is 76.8 Å². The SMILES string of the molecule is CCCCOc1cccc(C(=O)NC(=S)Nc2ccc(-c3nc4cc(Cl)c(C)cc4[nH]3)cc2)c1. The largest absolute Gasteiger partial charge is 0.494 e. The van der Waals surface area contributed by atoms with Gasteiger partial charge in [-0.25, -0.2) is 4.98 Å². The van der Waals surface area contributed by atoms with Crippen LogP contribution in [0.3, 0.4) is 0 Å². The number of nitrogens with zero attached hydrogens (tertiary/aromatic N) is 1. The molecule has 0 spiro atoms. The number of thiocarbonyl (C=S) groups is 1. The molecule has 0 aliphatic carbocycles. The van der Waals surface area contributed by atoms with Crippen molar-refractivity contribution in [2.75, 3.05) is 11.9 Å². The number of anilines is 1. The molecule has 0 atom stereocenters. The molecule has 174 valence electrons. The van der Waals surface area contributed by atoms with Crippen molar-refractivity contribution in [1.29, 1.82) is 0 Å². The van der Waals surface area contributed by atoms with Gasteiger partial charge in [0, 0.05) is 21.8 Å². The number of imidazole rings is 1. The van der Waals surface area contributed by atoms with Crippen molar-refractivity contribution in [1.82, 2.24) is 15.3 Å². The second-order valence-electron chi connectivity index (χ2n) is 7.92. The first kappa shape index (κ1) is 23.7. The predicted molar refractivity (Wildman–Crippen MR) is 142 cm³/mol. The van der Waals surface area contributed by atoms with Crippen LogP contribution in [0.1, 0.15) is 35.7 Å². The van der Waals surface area contributed by atoms with Gasteiger partial charge in [-0.3, -0.25) is 10.1 Å². The molecular weight excluding hydrogens is 468 g/mol. The molecule has 0 aliphatic heterocycles. The molecule has 4 rings (SSSR count).